The molecular formula is C6H6BF2NO3. The maximum absolute atomic E-state index is 11.7. The van der Waals surface area contributed by atoms with E-state index >= 15 is 0 Å². The highest BCUT2D eigenvalue weighted by Crippen LogP contribution is 2.06. The average molecular weight is 189 g/mol. The SMILES string of the molecule is OB(O)c1cccc(OC(F)F)n1. The van der Waals surface area contributed by atoms with Crippen LogP contribution >= 0.6 is 0 Å². The summed E-state index contributed by atoms with van der Waals surface area (Å²) >= 11 is 0. The van der Waals surface area contributed by atoms with Crippen molar-refractivity contribution < 1.29 is 23.6 Å². The van der Waals surface area contributed by atoms with E-state index in [0.29, 0.717) is 0 Å². The van der Waals surface area contributed by atoms with E-state index < -0.39 is 13.7 Å². The molecule has 2 N–H and O–H groups in total. The molecule has 1 aromatic rings. The third-order valence-electron chi connectivity index (χ3n) is 1.22. The number of halogens is 2. The van der Waals surface area contributed by atoms with E-state index in [2.05, 4.69) is 9.72 Å². The van der Waals surface area contributed by atoms with E-state index in [1.54, 1.807) is 0 Å². The lowest BCUT2D eigenvalue weighted by atomic mass is 9.86. The number of pyridine rings is 1. The van der Waals surface area contributed by atoms with Gasteiger partial charge in [-0.3, -0.25) is 0 Å². The highest BCUT2D eigenvalue weighted by molar-refractivity contribution is 6.57. The van der Waals surface area contributed by atoms with Crippen LogP contribution in [0.15, 0.2) is 18.2 Å². The second-order valence-corrected chi connectivity index (χ2v) is 2.15. The van der Waals surface area contributed by atoms with Crippen molar-refractivity contribution in [2.45, 2.75) is 6.61 Å². The van der Waals surface area contributed by atoms with Gasteiger partial charge in [-0.1, -0.05) is 6.07 Å². The van der Waals surface area contributed by atoms with Crippen LogP contribution in [-0.2, 0) is 0 Å². The lowest BCUT2D eigenvalue weighted by Crippen LogP contribution is -2.32. The van der Waals surface area contributed by atoms with Gasteiger partial charge in [0.25, 0.3) is 0 Å². The first-order valence-corrected chi connectivity index (χ1v) is 3.37. The highest BCUT2D eigenvalue weighted by Gasteiger charge is 2.14. The van der Waals surface area contributed by atoms with Crippen LogP contribution < -0.4 is 10.3 Å². The monoisotopic (exact) mass is 189 g/mol. The summed E-state index contributed by atoms with van der Waals surface area (Å²) in [5.41, 5.74) is -0.141. The van der Waals surface area contributed by atoms with Gasteiger partial charge in [0, 0.05) is 6.07 Å². The zero-order chi connectivity index (χ0) is 9.84. The molecule has 0 aliphatic carbocycles. The predicted molar refractivity (Wildman–Crippen MR) is 40.7 cm³/mol. The first-order chi connectivity index (χ1) is 6.09. The van der Waals surface area contributed by atoms with Crippen LogP contribution in [0.1, 0.15) is 0 Å². The summed E-state index contributed by atoms with van der Waals surface area (Å²) in [6.07, 6.45) is 0. The Bertz CT molecular complexity index is 284. The highest BCUT2D eigenvalue weighted by atomic mass is 19.3. The molecule has 7 heteroatoms. The van der Waals surface area contributed by atoms with Gasteiger partial charge < -0.3 is 14.8 Å². The van der Waals surface area contributed by atoms with Crippen LogP contribution in [0.2, 0.25) is 0 Å². The van der Waals surface area contributed by atoms with Crippen LogP contribution in [0.5, 0.6) is 5.88 Å². The first kappa shape index (κ1) is 9.88. The molecule has 0 saturated carbocycles. The van der Waals surface area contributed by atoms with Gasteiger partial charge in [-0.2, -0.15) is 8.78 Å². The number of hydrogen-bond donors (Lipinski definition) is 2. The molecule has 1 heterocycles. The van der Waals surface area contributed by atoms with Gasteiger partial charge in [0.15, 0.2) is 0 Å². The van der Waals surface area contributed by atoms with Gasteiger partial charge in [0.2, 0.25) is 5.88 Å². The molecule has 0 bridgehead atoms. The summed E-state index contributed by atoms with van der Waals surface area (Å²) in [6.45, 7) is -2.97. The fourth-order valence-corrected chi connectivity index (χ4v) is 0.732. The summed E-state index contributed by atoms with van der Waals surface area (Å²) in [5.74, 6) is -0.347. The van der Waals surface area contributed by atoms with Crippen LogP contribution in [0.3, 0.4) is 0 Å². The summed E-state index contributed by atoms with van der Waals surface area (Å²) in [6, 6.07) is 3.81. The van der Waals surface area contributed by atoms with Crippen LogP contribution in [0.4, 0.5) is 8.78 Å². The zero-order valence-corrected chi connectivity index (χ0v) is 6.39. The quantitative estimate of drug-likeness (QED) is 0.621. The maximum Gasteiger partial charge on any atom is 0.508 e. The molecule has 4 nitrogen and oxygen atoms in total. The third-order valence-corrected chi connectivity index (χ3v) is 1.22. The molecule has 0 aliphatic heterocycles. The van der Waals surface area contributed by atoms with Gasteiger partial charge in [0.1, 0.15) is 0 Å². The maximum atomic E-state index is 11.7. The van der Waals surface area contributed by atoms with Crippen molar-refractivity contribution in [1.29, 1.82) is 0 Å². The molecule has 0 aliphatic rings. The fourth-order valence-electron chi connectivity index (χ4n) is 0.732. The van der Waals surface area contributed by atoms with Crippen molar-refractivity contribution in [3.05, 3.63) is 18.2 Å². The van der Waals surface area contributed by atoms with E-state index in [0.717, 1.165) is 0 Å². The molecule has 1 rings (SSSR count). The van der Waals surface area contributed by atoms with Crippen molar-refractivity contribution >= 4 is 12.7 Å². The molecule has 0 saturated heterocycles. The molecule has 0 fully saturated rings. The summed E-state index contributed by atoms with van der Waals surface area (Å²) < 4.78 is 27.3. The Balaban J connectivity index is 2.79. The van der Waals surface area contributed by atoms with Crippen LogP contribution in [0.25, 0.3) is 0 Å². The lowest BCUT2D eigenvalue weighted by molar-refractivity contribution is -0.0527. The Morgan fingerprint density at radius 1 is 1.38 bits per heavy atom. The molecule has 0 aromatic carbocycles. The Labute approximate surface area is 72.9 Å². The van der Waals surface area contributed by atoms with Gasteiger partial charge >= 0.3 is 13.7 Å². The molecule has 0 radical (unpaired) electrons. The number of hydrogen-bond acceptors (Lipinski definition) is 4. The standard InChI is InChI=1S/C6H6BF2NO3/c8-6(9)13-5-3-1-2-4(10-5)7(11)12/h1-3,6,11-12H. The molecule has 13 heavy (non-hydrogen) atoms. The zero-order valence-electron chi connectivity index (χ0n) is 6.39. The van der Waals surface area contributed by atoms with Gasteiger partial charge in [0.05, 0.1) is 5.59 Å². The Kier molecular flexibility index (Phi) is 3.15. The minimum Gasteiger partial charge on any atom is -0.422 e. The number of rotatable bonds is 3. The van der Waals surface area contributed by atoms with Gasteiger partial charge in [-0.15, -0.1) is 0 Å². The van der Waals surface area contributed by atoms with E-state index in [1.807, 2.05) is 0 Å². The second kappa shape index (κ2) is 4.15. The molecule has 70 valence electrons. The molecular weight excluding hydrogens is 183 g/mol. The van der Waals surface area contributed by atoms with Gasteiger partial charge in [-0.05, 0) is 6.07 Å². The lowest BCUT2D eigenvalue weighted by Gasteiger charge is -2.04. The Morgan fingerprint density at radius 2 is 2.08 bits per heavy atom. The van der Waals surface area contributed by atoms with Crippen LogP contribution in [0, 0.1) is 0 Å². The summed E-state index contributed by atoms with van der Waals surface area (Å²) in [4.78, 5) is 3.41. The number of alkyl halides is 2. The van der Waals surface area contributed by atoms with E-state index in [9.17, 15) is 8.78 Å². The van der Waals surface area contributed by atoms with Gasteiger partial charge in [-0.25, -0.2) is 4.98 Å². The van der Waals surface area contributed by atoms with E-state index in [1.165, 1.54) is 18.2 Å². The Morgan fingerprint density at radius 3 is 2.62 bits per heavy atom. The van der Waals surface area contributed by atoms with Crippen molar-refractivity contribution in [2.24, 2.45) is 0 Å². The minimum atomic E-state index is -2.97. The smallest absolute Gasteiger partial charge is 0.422 e. The Hall–Kier alpha value is -1.21. The molecule has 0 atom stereocenters. The van der Waals surface area contributed by atoms with Crippen LogP contribution in [-0.4, -0.2) is 28.8 Å². The molecule has 0 amide bonds. The minimum absolute atomic E-state index is 0.141. The van der Waals surface area contributed by atoms with Crippen molar-refractivity contribution in [3.63, 3.8) is 0 Å². The van der Waals surface area contributed by atoms with Crippen molar-refractivity contribution in [3.8, 4) is 5.88 Å². The largest absolute Gasteiger partial charge is 0.508 e. The summed E-state index contributed by atoms with van der Waals surface area (Å²) in [5, 5.41) is 17.3. The fraction of sp³-hybridized carbons (Fsp3) is 0.167. The van der Waals surface area contributed by atoms with E-state index in [-0.39, 0.29) is 11.5 Å². The van der Waals surface area contributed by atoms with Crippen molar-refractivity contribution in [2.75, 3.05) is 0 Å². The third kappa shape index (κ3) is 2.96. The second-order valence-electron chi connectivity index (χ2n) is 2.15. The molecule has 0 unspecified atom stereocenters. The number of nitrogens with zero attached hydrogens (tertiary/aromatic N) is 1. The number of ether oxygens (including phenoxy) is 1. The summed E-state index contributed by atoms with van der Waals surface area (Å²) in [7, 11) is -1.79. The topological polar surface area (TPSA) is 62.6 Å². The van der Waals surface area contributed by atoms with E-state index in [4.69, 9.17) is 10.0 Å². The predicted octanol–water partition coefficient (Wildman–Crippen LogP) is -0.637. The number of aromatic nitrogens is 1. The molecule has 1 aromatic heterocycles. The normalized spacial score (nSPS) is 10.2. The molecule has 0 spiro atoms. The van der Waals surface area contributed by atoms with Crippen molar-refractivity contribution in [1.82, 2.24) is 4.98 Å². The average Bonchev–Trinajstić information content (AvgIpc) is 2.03. The first-order valence-electron chi connectivity index (χ1n) is 3.37.